The molecule has 1 saturated heterocycles. The molecule has 9 nitrogen and oxygen atoms in total. The van der Waals surface area contributed by atoms with Gasteiger partial charge in [-0.3, -0.25) is 9.59 Å². The first kappa shape index (κ1) is 22.8. The summed E-state index contributed by atoms with van der Waals surface area (Å²) < 4.78 is 24.9. The van der Waals surface area contributed by atoms with Crippen molar-refractivity contribution in [3.63, 3.8) is 0 Å². The second-order valence-corrected chi connectivity index (χ2v) is 9.56. The van der Waals surface area contributed by atoms with Gasteiger partial charge in [0.2, 0.25) is 5.91 Å². The van der Waals surface area contributed by atoms with Gasteiger partial charge in [0.05, 0.1) is 42.1 Å². The summed E-state index contributed by atoms with van der Waals surface area (Å²) in [5.74, 6) is -1.43. The number of benzene rings is 1. The SMILES string of the molecule is Cc1c(F)cc2nc3c(c4c2c1CC[C@H]4NC(=O)C1COC1)CN/C3=C\C1=C(C=O)COC(=O)C1O. The number of hydrogen-bond donors (Lipinski definition) is 3. The molecule has 4 aliphatic rings. The van der Waals surface area contributed by atoms with Crippen molar-refractivity contribution in [1.82, 2.24) is 15.6 Å². The van der Waals surface area contributed by atoms with Crippen LogP contribution in [0.3, 0.4) is 0 Å². The predicted octanol–water partition coefficient (Wildman–Crippen LogP) is 1.29. The van der Waals surface area contributed by atoms with E-state index in [4.69, 9.17) is 14.5 Å². The van der Waals surface area contributed by atoms with Crippen molar-refractivity contribution in [2.75, 3.05) is 19.8 Å². The van der Waals surface area contributed by atoms with Crippen LogP contribution in [-0.2, 0) is 36.8 Å². The van der Waals surface area contributed by atoms with Crippen molar-refractivity contribution >= 4 is 34.8 Å². The lowest BCUT2D eigenvalue weighted by Gasteiger charge is -2.32. The molecule has 1 amide bonds. The third kappa shape index (κ3) is 3.43. The number of rotatable bonds is 4. The van der Waals surface area contributed by atoms with E-state index in [1.807, 2.05) is 0 Å². The topological polar surface area (TPSA) is 127 Å². The van der Waals surface area contributed by atoms with E-state index in [0.717, 1.165) is 22.1 Å². The summed E-state index contributed by atoms with van der Waals surface area (Å²) in [6.07, 6.45) is 1.71. The molecule has 2 aromatic rings. The molecule has 0 saturated carbocycles. The van der Waals surface area contributed by atoms with Gasteiger partial charge in [-0.05, 0) is 42.5 Å². The second kappa shape index (κ2) is 8.49. The van der Waals surface area contributed by atoms with Gasteiger partial charge in [-0.2, -0.15) is 0 Å². The molecular weight excluding hydrogens is 469 g/mol. The number of cyclic esters (lactones) is 1. The summed E-state index contributed by atoms with van der Waals surface area (Å²) in [6, 6.07) is 1.12. The molecule has 1 aromatic heterocycles. The second-order valence-electron chi connectivity index (χ2n) is 9.56. The fraction of sp³-hybridized carbons (Fsp3) is 0.385. The van der Waals surface area contributed by atoms with E-state index in [1.54, 1.807) is 6.92 Å². The highest BCUT2D eigenvalue weighted by molar-refractivity contribution is 5.94. The highest BCUT2D eigenvalue weighted by Crippen LogP contribution is 2.43. The number of esters is 1. The van der Waals surface area contributed by atoms with Gasteiger partial charge < -0.3 is 25.2 Å². The smallest absolute Gasteiger partial charge is 0.340 e. The number of aliphatic hydroxyl groups is 1. The molecule has 186 valence electrons. The van der Waals surface area contributed by atoms with E-state index >= 15 is 0 Å². The number of ether oxygens (including phenoxy) is 2. The first-order chi connectivity index (χ1) is 17.4. The number of carbonyl (C=O) groups is 3. The zero-order valence-electron chi connectivity index (χ0n) is 19.5. The molecule has 3 N–H and O–H groups in total. The summed E-state index contributed by atoms with van der Waals surface area (Å²) in [5.41, 5.74) is 5.02. The molecule has 4 heterocycles. The predicted molar refractivity (Wildman–Crippen MR) is 125 cm³/mol. The highest BCUT2D eigenvalue weighted by atomic mass is 19.1. The van der Waals surface area contributed by atoms with Crippen LogP contribution >= 0.6 is 0 Å². The van der Waals surface area contributed by atoms with Crippen LogP contribution < -0.4 is 10.6 Å². The minimum atomic E-state index is -1.60. The van der Waals surface area contributed by atoms with Crippen molar-refractivity contribution in [1.29, 1.82) is 0 Å². The Morgan fingerprint density at radius 2 is 2.14 bits per heavy atom. The number of nitrogens with one attached hydrogen (secondary N) is 2. The number of hydrogen-bond acceptors (Lipinski definition) is 8. The van der Waals surface area contributed by atoms with Crippen LogP contribution in [0.4, 0.5) is 4.39 Å². The van der Waals surface area contributed by atoms with E-state index in [1.165, 1.54) is 12.1 Å². The number of aliphatic hydroxyl groups excluding tert-OH is 1. The standard InChI is InChI=1S/C26H24FN3O6/c1-11-14-2-3-18(30-25(33)13-8-35-9-13)22-16-6-28-20(23(16)29-19(21(14)22)5-17(11)27)4-15-12(7-31)10-36-26(34)24(15)32/h4-5,7,13,18,24,28,32H,2-3,6,8-10H2,1H3,(H,30,33)/b20-4-/t18-,24?/m1/s1. The van der Waals surface area contributed by atoms with Crippen molar-refractivity contribution in [2.24, 2.45) is 5.92 Å². The molecule has 0 spiro atoms. The fourth-order valence-electron chi connectivity index (χ4n) is 5.42. The maximum absolute atomic E-state index is 14.8. The molecule has 2 atom stereocenters. The monoisotopic (exact) mass is 493 g/mol. The van der Waals surface area contributed by atoms with Crippen LogP contribution in [0.25, 0.3) is 16.6 Å². The summed E-state index contributed by atoms with van der Waals surface area (Å²) in [6.45, 7) is 2.72. The minimum absolute atomic E-state index is 0.0708. The molecule has 1 aromatic carbocycles. The summed E-state index contributed by atoms with van der Waals surface area (Å²) in [4.78, 5) is 41.0. The summed E-state index contributed by atoms with van der Waals surface area (Å²) in [7, 11) is 0. The highest BCUT2D eigenvalue weighted by Gasteiger charge is 2.36. The van der Waals surface area contributed by atoms with Crippen LogP contribution in [0, 0.1) is 18.7 Å². The van der Waals surface area contributed by atoms with Gasteiger partial charge in [0.25, 0.3) is 0 Å². The molecule has 10 heteroatoms. The van der Waals surface area contributed by atoms with Gasteiger partial charge in [0.1, 0.15) is 18.7 Å². The van der Waals surface area contributed by atoms with E-state index in [9.17, 15) is 23.9 Å². The molecule has 0 radical (unpaired) electrons. The Morgan fingerprint density at radius 1 is 1.33 bits per heavy atom. The lowest BCUT2D eigenvalue weighted by Crippen LogP contribution is -2.44. The largest absolute Gasteiger partial charge is 0.459 e. The van der Waals surface area contributed by atoms with Gasteiger partial charge in [0, 0.05) is 34.7 Å². The number of pyridine rings is 1. The van der Waals surface area contributed by atoms with Gasteiger partial charge >= 0.3 is 5.97 Å². The number of aldehydes is 1. The number of amides is 1. The molecule has 1 unspecified atom stereocenters. The zero-order valence-corrected chi connectivity index (χ0v) is 19.5. The van der Waals surface area contributed by atoms with Crippen LogP contribution in [0.5, 0.6) is 0 Å². The first-order valence-electron chi connectivity index (χ1n) is 11.9. The van der Waals surface area contributed by atoms with Gasteiger partial charge in [-0.15, -0.1) is 0 Å². The Bertz CT molecular complexity index is 1410. The zero-order chi connectivity index (χ0) is 25.1. The molecule has 36 heavy (non-hydrogen) atoms. The molecule has 1 fully saturated rings. The summed E-state index contributed by atoms with van der Waals surface area (Å²) >= 11 is 0. The maximum atomic E-state index is 14.8. The van der Waals surface area contributed by atoms with Gasteiger partial charge in [-0.1, -0.05) is 0 Å². The molecule has 1 aliphatic carbocycles. The lowest BCUT2D eigenvalue weighted by molar-refractivity contribution is -0.152. The van der Waals surface area contributed by atoms with Crippen molar-refractivity contribution in [3.8, 4) is 0 Å². The van der Waals surface area contributed by atoms with E-state index in [0.29, 0.717) is 61.4 Å². The third-order valence-corrected chi connectivity index (χ3v) is 7.51. The molecular formula is C26H24FN3O6. The Morgan fingerprint density at radius 3 is 2.86 bits per heavy atom. The fourth-order valence-corrected chi connectivity index (χ4v) is 5.42. The number of halogens is 1. The Kier molecular flexibility index (Phi) is 5.38. The van der Waals surface area contributed by atoms with Crippen LogP contribution in [-0.4, -0.2) is 54.2 Å². The average Bonchev–Trinajstić information content (AvgIpc) is 3.22. The van der Waals surface area contributed by atoms with Crippen LogP contribution in [0.2, 0.25) is 0 Å². The van der Waals surface area contributed by atoms with Gasteiger partial charge in [-0.25, -0.2) is 14.2 Å². The number of carbonyl (C=O) groups excluding carboxylic acids is 3. The lowest BCUT2D eigenvalue weighted by atomic mass is 9.81. The van der Waals surface area contributed by atoms with Crippen LogP contribution in [0.1, 0.15) is 40.4 Å². The normalized spacial score (nSPS) is 24.3. The van der Waals surface area contributed by atoms with Crippen LogP contribution in [0.15, 0.2) is 23.3 Å². The third-order valence-electron chi connectivity index (χ3n) is 7.51. The van der Waals surface area contributed by atoms with Crippen molar-refractivity contribution in [2.45, 2.75) is 38.5 Å². The Hall–Kier alpha value is -3.63. The van der Waals surface area contributed by atoms with Crippen molar-refractivity contribution in [3.05, 3.63) is 57.1 Å². The molecule has 6 rings (SSSR count). The van der Waals surface area contributed by atoms with Gasteiger partial charge in [0.15, 0.2) is 6.10 Å². The Balaban J connectivity index is 1.52. The minimum Gasteiger partial charge on any atom is -0.459 e. The summed E-state index contributed by atoms with van der Waals surface area (Å²) in [5, 5.41) is 17.6. The molecule has 3 aliphatic heterocycles. The number of nitrogens with zero attached hydrogens (tertiary/aromatic N) is 1. The Labute approximate surface area is 205 Å². The first-order valence-corrected chi connectivity index (χ1v) is 11.9. The maximum Gasteiger partial charge on any atom is 0.340 e. The molecule has 0 bridgehead atoms. The number of aromatic nitrogens is 1. The van der Waals surface area contributed by atoms with Crippen molar-refractivity contribution < 1.29 is 33.4 Å². The van der Waals surface area contributed by atoms with E-state index in [-0.39, 0.29) is 41.4 Å². The average molecular weight is 493 g/mol. The number of fused-ring (bicyclic) bond motifs is 2. The van der Waals surface area contributed by atoms with E-state index in [2.05, 4.69) is 10.6 Å². The number of aryl methyl sites for hydroxylation is 1. The van der Waals surface area contributed by atoms with E-state index < -0.39 is 12.1 Å². The quantitative estimate of drug-likeness (QED) is 0.430.